The zero-order valence-electron chi connectivity index (χ0n) is 8.63. The lowest BCUT2D eigenvalue weighted by Crippen LogP contribution is -2.10. The second-order valence-electron chi connectivity index (χ2n) is 3.50. The number of benzene rings is 1. The van der Waals surface area contributed by atoms with Crippen molar-refractivity contribution in [3.05, 3.63) is 53.9 Å². The summed E-state index contributed by atoms with van der Waals surface area (Å²) in [6, 6.07) is 12.3. The van der Waals surface area contributed by atoms with Gasteiger partial charge in [0.25, 0.3) is 0 Å². The molecular formula is C12H15N3. The Hall–Kier alpha value is -1.61. The molecule has 2 N–H and O–H groups in total. The van der Waals surface area contributed by atoms with Gasteiger partial charge in [-0.2, -0.15) is 5.10 Å². The Kier molecular flexibility index (Phi) is 3.15. The van der Waals surface area contributed by atoms with E-state index in [1.807, 2.05) is 35.1 Å². The molecule has 0 fully saturated rings. The maximum absolute atomic E-state index is 5.54. The molecule has 3 heteroatoms. The smallest absolute Gasteiger partial charge is 0.0662 e. The minimum absolute atomic E-state index is 0.667. The van der Waals surface area contributed by atoms with Crippen molar-refractivity contribution in [2.24, 2.45) is 5.73 Å². The summed E-state index contributed by atoms with van der Waals surface area (Å²) in [5, 5.41) is 4.29. The number of nitrogens with zero attached hydrogens (tertiary/aromatic N) is 2. The van der Waals surface area contributed by atoms with E-state index in [0.717, 1.165) is 13.0 Å². The quantitative estimate of drug-likeness (QED) is 0.813. The zero-order valence-corrected chi connectivity index (χ0v) is 8.63. The summed E-state index contributed by atoms with van der Waals surface area (Å²) < 4.78 is 2.00. The fraction of sp³-hybridized carbons (Fsp3) is 0.250. The van der Waals surface area contributed by atoms with E-state index in [1.54, 1.807) is 0 Å². The van der Waals surface area contributed by atoms with E-state index in [9.17, 15) is 0 Å². The molecule has 0 amide bonds. The van der Waals surface area contributed by atoms with Gasteiger partial charge in [0.15, 0.2) is 0 Å². The third kappa shape index (κ3) is 2.44. The van der Waals surface area contributed by atoms with Crippen molar-refractivity contribution in [3.8, 4) is 0 Å². The van der Waals surface area contributed by atoms with Crippen LogP contribution in [-0.4, -0.2) is 16.3 Å². The molecule has 15 heavy (non-hydrogen) atoms. The highest BCUT2D eigenvalue weighted by Crippen LogP contribution is 2.05. The van der Waals surface area contributed by atoms with Crippen LogP contribution in [0, 0.1) is 0 Å². The van der Waals surface area contributed by atoms with Crippen LogP contribution < -0.4 is 5.73 Å². The Balaban J connectivity index is 2.14. The standard InChI is InChI=1S/C12H15N3/c13-8-6-12-7-9-14-15(12)10-11-4-2-1-3-5-11/h1-5,7,9H,6,8,10,13H2. The van der Waals surface area contributed by atoms with E-state index in [0.29, 0.717) is 6.54 Å². The number of aromatic nitrogens is 2. The molecule has 0 saturated carbocycles. The summed E-state index contributed by atoms with van der Waals surface area (Å²) in [7, 11) is 0. The Morgan fingerprint density at radius 1 is 1.13 bits per heavy atom. The minimum atomic E-state index is 0.667. The van der Waals surface area contributed by atoms with E-state index in [-0.39, 0.29) is 0 Å². The normalized spacial score (nSPS) is 10.5. The van der Waals surface area contributed by atoms with Crippen LogP contribution in [-0.2, 0) is 13.0 Å². The maximum Gasteiger partial charge on any atom is 0.0662 e. The van der Waals surface area contributed by atoms with Crippen molar-refractivity contribution in [1.29, 1.82) is 0 Å². The van der Waals surface area contributed by atoms with Crippen LogP contribution in [0.4, 0.5) is 0 Å². The summed E-state index contributed by atoms with van der Waals surface area (Å²) >= 11 is 0. The summed E-state index contributed by atoms with van der Waals surface area (Å²) in [5.74, 6) is 0. The van der Waals surface area contributed by atoms with Crippen LogP contribution in [0.25, 0.3) is 0 Å². The SMILES string of the molecule is NCCc1ccnn1Cc1ccccc1. The summed E-state index contributed by atoms with van der Waals surface area (Å²) in [6.45, 7) is 1.49. The van der Waals surface area contributed by atoms with E-state index in [4.69, 9.17) is 5.73 Å². The summed E-state index contributed by atoms with van der Waals surface area (Å²) in [5.41, 5.74) is 8.00. The van der Waals surface area contributed by atoms with Crippen molar-refractivity contribution < 1.29 is 0 Å². The predicted octanol–water partition coefficient (Wildman–Crippen LogP) is 1.43. The topological polar surface area (TPSA) is 43.8 Å². The highest BCUT2D eigenvalue weighted by atomic mass is 15.3. The molecule has 2 rings (SSSR count). The fourth-order valence-electron chi connectivity index (χ4n) is 1.62. The lowest BCUT2D eigenvalue weighted by atomic mass is 10.2. The molecule has 0 aliphatic heterocycles. The van der Waals surface area contributed by atoms with Crippen LogP contribution in [0.3, 0.4) is 0 Å². The average molecular weight is 201 g/mol. The first-order valence-corrected chi connectivity index (χ1v) is 5.15. The van der Waals surface area contributed by atoms with Crippen LogP contribution in [0.5, 0.6) is 0 Å². The van der Waals surface area contributed by atoms with Crippen molar-refractivity contribution >= 4 is 0 Å². The van der Waals surface area contributed by atoms with Crippen molar-refractivity contribution in [2.45, 2.75) is 13.0 Å². The molecule has 0 unspecified atom stereocenters. The van der Waals surface area contributed by atoms with Crippen LogP contribution >= 0.6 is 0 Å². The molecule has 1 aromatic carbocycles. The first kappa shape index (κ1) is 9.93. The molecule has 0 atom stereocenters. The Bertz CT molecular complexity index is 406. The van der Waals surface area contributed by atoms with Gasteiger partial charge in [0.2, 0.25) is 0 Å². The van der Waals surface area contributed by atoms with Crippen LogP contribution in [0.1, 0.15) is 11.3 Å². The van der Waals surface area contributed by atoms with Gasteiger partial charge >= 0.3 is 0 Å². The van der Waals surface area contributed by atoms with E-state index >= 15 is 0 Å². The molecule has 1 aromatic heterocycles. The highest BCUT2D eigenvalue weighted by Gasteiger charge is 2.01. The van der Waals surface area contributed by atoms with Gasteiger partial charge in [-0.25, -0.2) is 0 Å². The van der Waals surface area contributed by atoms with Crippen molar-refractivity contribution in [2.75, 3.05) is 6.54 Å². The van der Waals surface area contributed by atoms with Gasteiger partial charge in [-0.15, -0.1) is 0 Å². The van der Waals surface area contributed by atoms with Gasteiger partial charge in [-0.3, -0.25) is 4.68 Å². The zero-order chi connectivity index (χ0) is 10.5. The second-order valence-corrected chi connectivity index (χ2v) is 3.50. The molecule has 0 spiro atoms. The van der Waals surface area contributed by atoms with Crippen LogP contribution in [0.2, 0.25) is 0 Å². The number of nitrogens with two attached hydrogens (primary N) is 1. The van der Waals surface area contributed by atoms with Gasteiger partial charge in [-0.1, -0.05) is 30.3 Å². The molecule has 2 aromatic rings. The highest BCUT2D eigenvalue weighted by molar-refractivity contribution is 5.16. The molecule has 78 valence electrons. The van der Waals surface area contributed by atoms with E-state index in [2.05, 4.69) is 17.2 Å². The first-order chi connectivity index (χ1) is 7.40. The third-order valence-corrected chi connectivity index (χ3v) is 2.38. The summed E-state index contributed by atoms with van der Waals surface area (Å²) in [6.07, 6.45) is 2.71. The monoisotopic (exact) mass is 201 g/mol. The molecular weight excluding hydrogens is 186 g/mol. The maximum atomic E-state index is 5.54. The lowest BCUT2D eigenvalue weighted by molar-refractivity contribution is 0.643. The predicted molar refractivity (Wildman–Crippen MR) is 60.5 cm³/mol. The molecule has 0 bridgehead atoms. The van der Waals surface area contributed by atoms with Gasteiger partial charge < -0.3 is 5.73 Å². The first-order valence-electron chi connectivity index (χ1n) is 5.15. The largest absolute Gasteiger partial charge is 0.330 e. The molecule has 0 aliphatic carbocycles. The second kappa shape index (κ2) is 4.75. The average Bonchev–Trinajstić information content (AvgIpc) is 2.68. The van der Waals surface area contributed by atoms with Crippen molar-refractivity contribution in [3.63, 3.8) is 0 Å². The van der Waals surface area contributed by atoms with E-state index < -0.39 is 0 Å². The van der Waals surface area contributed by atoms with Gasteiger partial charge in [0.05, 0.1) is 6.54 Å². The Labute approximate surface area is 89.5 Å². The Morgan fingerprint density at radius 2 is 1.93 bits per heavy atom. The number of hydrogen-bond donors (Lipinski definition) is 1. The summed E-state index contributed by atoms with van der Waals surface area (Å²) in [4.78, 5) is 0. The van der Waals surface area contributed by atoms with E-state index in [1.165, 1.54) is 11.3 Å². The molecule has 1 heterocycles. The molecule has 0 saturated heterocycles. The van der Waals surface area contributed by atoms with Gasteiger partial charge in [0.1, 0.15) is 0 Å². The lowest BCUT2D eigenvalue weighted by Gasteiger charge is -2.06. The van der Waals surface area contributed by atoms with Crippen molar-refractivity contribution in [1.82, 2.24) is 9.78 Å². The Morgan fingerprint density at radius 3 is 2.67 bits per heavy atom. The van der Waals surface area contributed by atoms with Crippen LogP contribution in [0.15, 0.2) is 42.6 Å². The number of hydrogen-bond acceptors (Lipinski definition) is 2. The fourth-order valence-corrected chi connectivity index (χ4v) is 1.62. The number of rotatable bonds is 4. The minimum Gasteiger partial charge on any atom is -0.330 e. The third-order valence-electron chi connectivity index (χ3n) is 2.38. The molecule has 3 nitrogen and oxygen atoms in total. The molecule has 0 radical (unpaired) electrons. The van der Waals surface area contributed by atoms with Gasteiger partial charge in [0, 0.05) is 18.3 Å². The molecule has 0 aliphatic rings. The van der Waals surface area contributed by atoms with Gasteiger partial charge in [-0.05, 0) is 18.2 Å².